The van der Waals surface area contributed by atoms with Crippen LogP contribution in [-0.2, 0) is 4.79 Å². The molecule has 1 aromatic heterocycles. The van der Waals surface area contributed by atoms with Gasteiger partial charge in [0.2, 0.25) is 0 Å². The summed E-state index contributed by atoms with van der Waals surface area (Å²) in [6, 6.07) is 8.39. The summed E-state index contributed by atoms with van der Waals surface area (Å²) in [5, 5.41) is 4.36. The number of amides is 1. The number of para-hydroxylation sites is 1. The number of unbranched alkanes of at least 4 members (excludes halogenated alkanes) is 3. The molecular formula is C20H30N3OS+. The summed E-state index contributed by atoms with van der Waals surface area (Å²) in [4.78, 5) is 18.3. The lowest BCUT2D eigenvalue weighted by Crippen LogP contribution is -3.14. The normalized spacial score (nSPS) is 20.7. The van der Waals surface area contributed by atoms with Gasteiger partial charge in [-0.1, -0.05) is 38.3 Å². The number of quaternary nitrogens is 1. The molecule has 2 aromatic rings. The van der Waals surface area contributed by atoms with E-state index in [1.807, 2.05) is 11.3 Å². The van der Waals surface area contributed by atoms with E-state index in [1.54, 1.807) is 0 Å². The first kappa shape index (κ1) is 18.3. The minimum atomic E-state index is 0.213. The van der Waals surface area contributed by atoms with E-state index in [-0.39, 0.29) is 5.91 Å². The van der Waals surface area contributed by atoms with Gasteiger partial charge in [-0.05, 0) is 18.6 Å². The van der Waals surface area contributed by atoms with Crippen LogP contribution in [0.25, 0.3) is 10.2 Å². The Bertz CT molecular complexity index is 643. The molecule has 0 atom stereocenters. The molecule has 4 nitrogen and oxygen atoms in total. The minimum Gasteiger partial charge on any atom is -0.351 e. The molecule has 2 heterocycles. The third kappa shape index (κ3) is 5.25. The number of nitrogens with one attached hydrogen (secondary N) is 2. The minimum absolute atomic E-state index is 0.213. The maximum Gasteiger partial charge on any atom is 0.275 e. The van der Waals surface area contributed by atoms with Crippen molar-refractivity contribution < 1.29 is 9.69 Å². The Hall–Kier alpha value is -1.46. The molecule has 1 amide bonds. The van der Waals surface area contributed by atoms with Gasteiger partial charge >= 0.3 is 0 Å². The van der Waals surface area contributed by atoms with Crippen LogP contribution in [0.3, 0.4) is 0 Å². The van der Waals surface area contributed by atoms with E-state index in [0.717, 1.165) is 44.4 Å². The van der Waals surface area contributed by atoms with Crippen LogP contribution in [0.4, 0.5) is 0 Å². The molecule has 1 saturated heterocycles. The SMILES string of the molecule is CCCCCCNC(=O)C[NH+]1CCC(c2nc3ccccc3s2)CC1. The third-order valence-electron chi connectivity index (χ3n) is 5.12. The Kier molecular flexibility index (Phi) is 6.82. The summed E-state index contributed by atoms with van der Waals surface area (Å²) in [6.45, 7) is 5.81. The number of nitrogens with zero attached hydrogens (tertiary/aromatic N) is 1. The first-order chi connectivity index (χ1) is 12.3. The summed E-state index contributed by atoms with van der Waals surface area (Å²) in [5.41, 5.74) is 1.12. The number of thiazole rings is 1. The van der Waals surface area contributed by atoms with E-state index < -0.39 is 0 Å². The number of piperidine rings is 1. The third-order valence-corrected chi connectivity index (χ3v) is 6.31. The summed E-state index contributed by atoms with van der Waals surface area (Å²) < 4.78 is 1.29. The van der Waals surface area contributed by atoms with Crippen LogP contribution in [0.5, 0.6) is 0 Å². The zero-order valence-electron chi connectivity index (χ0n) is 15.2. The van der Waals surface area contributed by atoms with Gasteiger partial charge < -0.3 is 10.2 Å². The monoisotopic (exact) mass is 360 g/mol. The fourth-order valence-corrected chi connectivity index (χ4v) is 4.72. The van der Waals surface area contributed by atoms with Crippen molar-refractivity contribution in [3.63, 3.8) is 0 Å². The van der Waals surface area contributed by atoms with Crippen molar-refractivity contribution in [3.05, 3.63) is 29.3 Å². The molecule has 0 bridgehead atoms. The zero-order chi connectivity index (χ0) is 17.5. The first-order valence-corrected chi connectivity index (χ1v) is 10.5. The average molecular weight is 361 g/mol. The second-order valence-corrected chi connectivity index (χ2v) is 8.19. The molecule has 0 aliphatic carbocycles. The second-order valence-electron chi connectivity index (χ2n) is 7.13. The Morgan fingerprint density at radius 1 is 1.24 bits per heavy atom. The smallest absolute Gasteiger partial charge is 0.275 e. The van der Waals surface area contributed by atoms with Gasteiger partial charge in [0.1, 0.15) is 0 Å². The Balaban J connectivity index is 1.40. The fourth-order valence-electron chi connectivity index (χ4n) is 3.58. The van der Waals surface area contributed by atoms with Crippen molar-refractivity contribution in [2.75, 3.05) is 26.2 Å². The molecule has 1 fully saturated rings. The number of fused-ring (bicyclic) bond motifs is 1. The topological polar surface area (TPSA) is 46.4 Å². The number of hydrogen-bond donors (Lipinski definition) is 2. The highest BCUT2D eigenvalue weighted by Crippen LogP contribution is 2.31. The van der Waals surface area contributed by atoms with Crippen LogP contribution >= 0.6 is 11.3 Å². The number of hydrogen-bond acceptors (Lipinski definition) is 3. The number of likely N-dealkylation sites (tertiary alicyclic amines) is 1. The van der Waals surface area contributed by atoms with Gasteiger partial charge in [-0.3, -0.25) is 4.79 Å². The van der Waals surface area contributed by atoms with Crippen LogP contribution in [0, 0.1) is 0 Å². The summed E-state index contributed by atoms with van der Waals surface area (Å²) in [6.07, 6.45) is 7.10. The Morgan fingerprint density at radius 2 is 2.04 bits per heavy atom. The van der Waals surface area contributed by atoms with Gasteiger partial charge in [-0.15, -0.1) is 11.3 Å². The van der Waals surface area contributed by atoms with Gasteiger partial charge in [0.15, 0.2) is 6.54 Å². The molecule has 1 aliphatic heterocycles. The van der Waals surface area contributed by atoms with Gasteiger partial charge in [0.05, 0.1) is 28.3 Å². The van der Waals surface area contributed by atoms with Crippen molar-refractivity contribution >= 4 is 27.5 Å². The first-order valence-electron chi connectivity index (χ1n) is 9.72. The highest BCUT2D eigenvalue weighted by molar-refractivity contribution is 7.18. The molecule has 1 aromatic carbocycles. The standard InChI is InChI=1S/C20H29N3OS/c1-2-3-4-7-12-21-19(24)15-23-13-10-16(11-14-23)20-22-17-8-5-6-9-18(17)25-20/h5-6,8-9,16H,2-4,7,10-15H2,1H3,(H,21,24)/p+1. The fraction of sp³-hybridized carbons (Fsp3) is 0.600. The van der Waals surface area contributed by atoms with E-state index in [0.29, 0.717) is 12.5 Å². The van der Waals surface area contributed by atoms with Crippen molar-refractivity contribution in [1.29, 1.82) is 0 Å². The largest absolute Gasteiger partial charge is 0.351 e. The molecular weight excluding hydrogens is 330 g/mol. The number of aromatic nitrogens is 1. The summed E-state index contributed by atoms with van der Waals surface area (Å²) in [5.74, 6) is 0.781. The molecule has 5 heteroatoms. The number of benzene rings is 1. The van der Waals surface area contributed by atoms with Gasteiger partial charge in [0.25, 0.3) is 5.91 Å². The van der Waals surface area contributed by atoms with Gasteiger partial charge in [-0.25, -0.2) is 4.98 Å². The molecule has 0 radical (unpaired) electrons. The maximum absolute atomic E-state index is 12.1. The van der Waals surface area contributed by atoms with E-state index in [2.05, 4.69) is 36.5 Å². The molecule has 136 valence electrons. The summed E-state index contributed by atoms with van der Waals surface area (Å²) in [7, 11) is 0. The van der Waals surface area contributed by atoms with Crippen molar-refractivity contribution in [1.82, 2.24) is 10.3 Å². The molecule has 3 rings (SSSR count). The highest BCUT2D eigenvalue weighted by Gasteiger charge is 2.26. The maximum atomic E-state index is 12.1. The Morgan fingerprint density at radius 3 is 2.80 bits per heavy atom. The van der Waals surface area contributed by atoms with Crippen LogP contribution < -0.4 is 10.2 Å². The lowest BCUT2D eigenvalue weighted by atomic mass is 9.97. The molecule has 0 unspecified atom stereocenters. The zero-order valence-corrected chi connectivity index (χ0v) is 16.0. The van der Waals surface area contributed by atoms with E-state index in [1.165, 1.54) is 33.9 Å². The quantitative estimate of drug-likeness (QED) is 0.711. The van der Waals surface area contributed by atoms with Crippen LogP contribution in [0.15, 0.2) is 24.3 Å². The number of carbonyl (C=O) groups is 1. The molecule has 1 aliphatic rings. The predicted molar refractivity (Wildman–Crippen MR) is 104 cm³/mol. The summed E-state index contributed by atoms with van der Waals surface area (Å²) >= 11 is 1.84. The van der Waals surface area contributed by atoms with Crippen LogP contribution in [-0.4, -0.2) is 37.1 Å². The van der Waals surface area contributed by atoms with Crippen LogP contribution in [0.1, 0.15) is 56.4 Å². The van der Waals surface area contributed by atoms with Crippen molar-refractivity contribution in [2.45, 2.75) is 51.4 Å². The predicted octanol–water partition coefficient (Wildman–Crippen LogP) is 2.76. The van der Waals surface area contributed by atoms with Gasteiger partial charge in [0, 0.05) is 25.3 Å². The molecule has 0 saturated carbocycles. The van der Waals surface area contributed by atoms with Crippen molar-refractivity contribution in [3.8, 4) is 0 Å². The second kappa shape index (κ2) is 9.30. The lowest BCUT2D eigenvalue weighted by molar-refractivity contribution is -0.897. The van der Waals surface area contributed by atoms with E-state index in [9.17, 15) is 4.79 Å². The molecule has 0 spiro atoms. The Labute approximate surface area is 154 Å². The molecule has 25 heavy (non-hydrogen) atoms. The van der Waals surface area contributed by atoms with E-state index >= 15 is 0 Å². The number of carbonyl (C=O) groups excluding carboxylic acids is 1. The molecule has 2 N–H and O–H groups in total. The van der Waals surface area contributed by atoms with Crippen LogP contribution in [0.2, 0.25) is 0 Å². The van der Waals surface area contributed by atoms with Crippen molar-refractivity contribution in [2.24, 2.45) is 0 Å². The lowest BCUT2D eigenvalue weighted by Gasteiger charge is -2.27. The number of rotatable bonds is 8. The van der Waals surface area contributed by atoms with E-state index in [4.69, 9.17) is 4.98 Å². The van der Waals surface area contributed by atoms with Gasteiger partial charge in [-0.2, -0.15) is 0 Å². The highest BCUT2D eigenvalue weighted by atomic mass is 32.1. The average Bonchev–Trinajstić information content (AvgIpc) is 3.06.